The first-order chi connectivity index (χ1) is 9.30. The highest BCUT2D eigenvalue weighted by Gasteiger charge is 2.26. The van der Waals surface area contributed by atoms with Crippen LogP contribution >= 0.6 is 0 Å². The maximum Gasteiger partial charge on any atom is 0.355 e. The normalized spacial score (nSPS) is 11.3. The van der Waals surface area contributed by atoms with Gasteiger partial charge in [0.25, 0.3) is 0 Å². The molecule has 6 heteroatoms. The molecule has 0 aromatic carbocycles. The summed E-state index contributed by atoms with van der Waals surface area (Å²) in [5.74, 6) is -1.40. The van der Waals surface area contributed by atoms with Gasteiger partial charge in [0.15, 0.2) is 11.5 Å². The quantitative estimate of drug-likeness (QED) is 0.863. The molecule has 0 aliphatic rings. The Bertz CT molecular complexity index is 654. The smallest absolute Gasteiger partial charge is 0.355 e. The summed E-state index contributed by atoms with van der Waals surface area (Å²) >= 11 is 0. The minimum absolute atomic E-state index is 0.0552. The van der Waals surface area contributed by atoms with Crippen molar-refractivity contribution in [2.45, 2.75) is 26.2 Å². The Kier molecular flexibility index (Phi) is 3.40. The lowest BCUT2D eigenvalue weighted by molar-refractivity contribution is 0.0685. The summed E-state index contributed by atoms with van der Waals surface area (Å²) in [6.07, 6.45) is 2.58. The van der Waals surface area contributed by atoms with Crippen LogP contribution in [0, 0.1) is 0 Å². The van der Waals surface area contributed by atoms with Gasteiger partial charge in [0.2, 0.25) is 5.78 Å². The molecule has 0 amide bonds. The molecule has 2 aromatic heterocycles. The van der Waals surface area contributed by atoms with Gasteiger partial charge in [0, 0.05) is 11.6 Å². The molecule has 0 saturated heterocycles. The zero-order valence-electron chi connectivity index (χ0n) is 11.4. The van der Waals surface area contributed by atoms with Gasteiger partial charge in [-0.1, -0.05) is 20.8 Å². The van der Waals surface area contributed by atoms with E-state index in [9.17, 15) is 14.7 Å². The maximum absolute atomic E-state index is 12.2. The number of carboxylic acid groups (broad SMARTS) is 1. The molecule has 6 nitrogen and oxygen atoms in total. The Morgan fingerprint density at radius 3 is 2.50 bits per heavy atom. The van der Waals surface area contributed by atoms with Crippen LogP contribution < -0.4 is 0 Å². The van der Waals surface area contributed by atoms with Crippen LogP contribution in [0.4, 0.5) is 0 Å². The largest absolute Gasteiger partial charge is 0.476 e. The molecule has 0 unspecified atom stereocenters. The third-order valence-electron chi connectivity index (χ3n) is 2.65. The van der Waals surface area contributed by atoms with Crippen molar-refractivity contribution in [3.05, 3.63) is 47.4 Å². The molecule has 20 heavy (non-hydrogen) atoms. The molecule has 0 saturated carbocycles. The van der Waals surface area contributed by atoms with E-state index < -0.39 is 17.2 Å². The molecule has 2 heterocycles. The van der Waals surface area contributed by atoms with Crippen LogP contribution in [0.3, 0.4) is 0 Å². The molecule has 0 fully saturated rings. The SMILES string of the molecule is CC(C)(C)c1ncc(C(=O)c2ccco2)c(C(=O)O)n1. The predicted octanol–water partition coefficient (Wildman–Crippen LogP) is 2.30. The van der Waals surface area contributed by atoms with Crippen molar-refractivity contribution in [1.29, 1.82) is 0 Å². The highest BCUT2D eigenvalue weighted by molar-refractivity contribution is 6.11. The van der Waals surface area contributed by atoms with Crippen molar-refractivity contribution < 1.29 is 19.1 Å². The van der Waals surface area contributed by atoms with Crippen LogP contribution in [0.2, 0.25) is 0 Å². The van der Waals surface area contributed by atoms with Crippen molar-refractivity contribution >= 4 is 11.8 Å². The summed E-state index contributed by atoms with van der Waals surface area (Å²) in [6.45, 7) is 5.59. The highest BCUT2D eigenvalue weighted by Crippen LogP contribution is 2.20. The zero-order chi connectivity index (χ0) is 14.9. The van der Waals surface area contributed by atoms with Crippen LogP contribution in [0.15, 0.2) is 29.0 Å². The second kappa shape index (κ2) is 4.88. The van der Waals surface area contributed by atoms with Crippen LogP contribution in [-0.4, -0.2) is 26.8 Å². The van der Waals surface area contributed by atoms with Crippen LogP contribution in [0.1, 0.15) is 53.2 Å². The Hall–Kier alpha value is -2.50. The van der Waals surface area contributed by atoms with E-state index in [1.165, 1.54) is 18.5 Å². The summed E-state index contributed by atoms with van der Waals surface area (Å²) in [7, 11) is 0. The van der Waals surface area contributed by atoms with Crippen LogP contribution in [-0.2, 0) is 5.41 Å². The number of hydrogen-bond acceptors (Lipinski definition) is 5. The van der Waals surface area contributed by atoms with E-state index in [-0.39, 0.29) is 17.0 Å². The van der Waals surface area contributed by atoms with E-state index in [2.05, 4.69) is 9.97 Å². The number of carbonyl (C=O) groups excluding carboxylic acids is 1. The van der Waals surface area contributed by atoms with Gasteiger partial charge in [0.05, 0.1) is 11.8 Å². The van der Waals surface area contributed by atoms with Gasteiger partial charge in [0.1, 0.15) is 5.82 Å². The number of rotatable bonds is 3. The average molecular weight is 274 g/mol. The number of carboxylic acids is 1. The third kappa shape index (κ3) is 2.59. The standard InChI is InChI=1S/C14H14N2O4/c1-14(2,3)13-15-7-8(10(16-13)12(18)19)11(17)9-5-4-6-20-9/h4-7H,1-3H3,(H,18,19). The molecule has 2 rings (SSSR count). The fourth-order valence-electron chi connectivity index (χ4n) is 1.61. The highest BCUT2D eigenvalue weighted by atomic mass is 16.4. The van der Waals surface area contributed by atoms with Gasteiger partial charge in [-0.3, -0.25) is 4.79 Å². The lowest BCUT2D eigenvalue weighted by Gasteiger charge is -2.17. The first-order valence-electron chi connectivity index (χ1n) is 5.99. The molecular weight excluding hydrogens is 260 g/mol. The summed E-state index contributed by atoms with van der Waals surface area (Å²) in [4.78, 5) is 31.5. The van der Waals surface area contributed by atoms with Crippen molar-refractivity contribution in [3.8, 4) is 0 Å². The minimum Gasteiger partial charge on any atom is -0.476 e. The number of ketones is 1. The van der Waals surface area contributed by atoms with Gasteiger partial charge in [-0.05, 0) is 12.1 Å². The topological polar surface area (TPSA) is 93.3 Å². The summed E-state index contributed by atoms with van der Waals surface area (Å²) < 4.78 is 4.98. The van der Waals surface area contributed by atoms with Crippen molar-refractivity contribution in [1.82, 2.24) is 9.97 Å². The number of hydrogen-bond donors (Lipinski definition) is 1. The number of furan rings is 1. The molecule has 0 bridgehead atoms. The first-order valence-corrected chi connectivity index (χ1v) is 5.99. The van der Waals surface area contributed by atoms with E-state index in [1.807, 2.05) is 20.8 Å². The fourth-order valence-corrected chi connectivity index (χ4v) is 1.61. The monoisotopic (exact) mass is 274 g/mol. The van der Waals surface area contributed by atoms with E-state index in [4.69, 9.17) is 4.42 Å². The molecule has 0 aliphatic heterocycles. The second-order valence-electron chi connectivity index (χ2n) is 5.32. The average Bonchev–Trinajstić information content (AvgIpc) is 2.89. The molecule has 0 spiro atoms. The number of carbonyl (C=O) groups is 2. The summed E-state index contributed by atoms with van der Waals surface area (Å²) in [5, 5.41) is 9.23. The molecule has 0 atom stereocenters. The maximum atomic E-state index is 12.2. The van der Waals surface area contributed by atoms with Gasteiger partial charge in [-0.2, -0.15) is 0 Å². The zero-order valence-corrected chi connectivity index (χ0v) is 11.4. The summed E-state index contributed by atoms with van der Waals surface area (Å²) in [5.41, 5.74) is -0.803. The van der Waals surface area contributed by atoms with Crippen molar-refractivity contribution in [2.75, 3.05) is 0 Å². The van der Waals surface area contributed by atoms with Crippen molar-refractivity contribution in [2.24, 2.45) is 0 Å². The van der Waals surface area contributed by atoms with Crippen LogP contribution in [0.25, 0.3) is 0 Å². The van der Waals surface area contributed by atoms with E-state index in [0.29, 0.717) is 5.82 Å². The molecule has 104 valence electrons. The third-order valence-corrected chi connectivity index (χ3v) is 2.65. The Labute approximate surface area is 115 Å². The fraction of sp³-hybridized carbons (Fsp3) is 0.286. The van der Waals surface area contributed by atoms with Crippen molar-refractivity contribution in [3.63, 3.8) is 0 Å². The number of nitrogens with zero attached hydrogens (tertiary/aromatic N) is 2. The molecular formula is C14H14N2O4. The lowest BCUT2D eigenvalue weighted by atomic mass is 9.95. The van der Waals surface area contributed by atoms with Gasteiger partial charge >= 0.3 is 5.97 Å². The Morgan fingerprint density at radius 1 is 1.30 bits per heavy atom. The molecule has 1 N–H and O–H groups in total. The Morgan fingerprint density at radius 2 is 2.00 bits per heavy atom. The molecule has 0 radical (unpaired) electrons. The number of aromatic nitrogens is 2. The minimum atomic E-state index is -1.27. The predicted molar refractivity (Wildman–Crippen MR) is 69.8 cm³/mol. The van der Waals surface area contributed by atoms with E-state index in [0.717, 1.165) is 0 Å². The summed E-state index contributed by atoms with van der Waals surface area (Å²) in [6, 6.07) is 3.02. The molecule has 2 aromatic rings. The number of aromatic carboxylic acids is 1. The van der Waals surface area contributed by atoms with Gasteiger partial charge < -0.3 is 9.52 Å². The second-order valence-corrected chi connectivity index (χ2v) is 5.32. The van der Waals surface area contributed by atoms with Gasteiger partial charge in [-0.25, -0.2) is 14.8 Å². The van der Waals surface area contributed by atoms with Crippen LogP contribution in [0.5, 0.6) is 0 Å². The van der Waals surface area contributed by atoms with Gasteiger partial charge in [-0.15, -0.1) is 0 Å². The Balaban J connectivity index is 2.54. The lowest BCUT2D eigenvalue weighted by Crippen LogP contribution is -2.21. The molecule has 0 aliphatic carbocycles. The van der Waals surface area contributed by atoms with E-state index >= 15 is 0 Å². The van der Waals surface area contributed by atoms with E-state index in [1.54, 1.807) is 6.07 Å². The first kappa shape index (κ1) is 13.9.